The standard InChI is InChI=1S/C23H27N5O/c1-3-17-6-8-18(9-7-17)16(2)27-23(29)19-5-4-12-28(15-19)20-13-21-22(26-14-20)25-11-10-24-21/h6-11,13-14,16,19H,3-5,12,15H2,1-2H3,(H,27,29)/t16-,19+/m0/s1. The number of nitrogens with zero attached hydrogens (tertiary/aromatic N) is 4. The molecule has 6 heteroatoms. The first-order valence-corrected chi connectivity index (χ1v) is 10.3. The molecule has 0 spiro atoms. The molecule has 3 aromatic rings. The number of hydrogen-bond donors (Lipinski definition) is 1. The summed E-state index contributed by atoms with van der Waals surface area (Å²) < 4.78 is 0. The number of rotatable bonds is 5. The van der Waals surface area contributed by atoms with Crippen molar-refractivity contribution >= 4 is 22.8 Å². The van der Waals surface area contributed by atoms with E-state index >= 15 is 0 Å². The number of nitrogens with one attached hydrogen (secondary N) is 1. The molecule has 1 fully saturated rings. The molecule has 1 aliphatic heterocycles. The third kappa shape index (κ3) is 4.36. The Labute approximate surface area is 171 Å². The van der Waals surface area contributed by atoms with E-state index in [-0.39, 0.29) is 17.9 Å². The molecule has 1 amide bonds. The lowest BCUT2D eigenvalue weighted by atomic mass is 9.96. The van der Waals surface area contributed by atoms with Gasteiger partial charge in [-0.3, -0.25) is 9.78 Å². The van der Waals surface area contributed by atoms with Crippen molar-refractivity contribution in [1.82, 2.24) is 20.3 Å². The van der Waals surface area contributed by atoms with Gasteiger partial charge in [-0.1, -0.05) is 31.2 Å². The van der Waals surface area contributed by atoms with Crippen LogP contribution in [0.2, 0.25) is 0 Å². The Morgan fingerprint density at radius 3 is 2.79 bits per heavy atom. The summed E-state index contributed by atoms with van der Waals surface area (Å²) in [5, 5.41) is 3.20. The topological polar surface area (TPSA) is 71.0 Å². The van der Waals surface area contributed by atoms with E-state index in [0.717, 1.165) is 42.6 Å². The Hall–Kier alpha value is -3.02. The summed E-state index contributed by atoms with van der Waals surface area (Å²) in [4.78, 5) is 28.1. The van der Waals surface area contributed by atoms with Crippen molar-refractivity contribution in [2.24, 2.45) is 5.92 Å². The maximum absolute atomic E-state index is 12.9. The van der Waals surface area contributed by atoms with E-state index in [2.05, 4.69) is 56.4 Å². The van der Waals surface area contributed by atoms with Crippen LogP contribution < -0.4 is 10.2 Å². The maximum Gasteiger partial charge on any atom is 0.225 e. The quantitative estimate of drug-likeness (QED) is 0.721. The fraction of sp³-hybridized carbons (Fsp3) is 0.391. The van der Waals surface area contributed by atoms with Gasteiger partial charge in [-0.15, -0.1) is 0 Å². The summed E-state index contributed by atoms with van der Waals surface area (Å²) in [5.41, 5.74) is 4.87. The molecular weight excluding hydrogens is 362 g/mol. The molecule has 4 rings (SSSR count). The molecular formula is C23H27N5O. The smallest absolute Gasteiger partial charge is 0.225 e. The highest BCUT2D eigenvalue weighted by atomic mass is 16.2. The molecule has 29 heavy (non-hydrogen) atoms. The first-order valence-electron chi connectivity index (χ1n) is 10.3. The van der Waals surface area contributed by atoms with Gasteiger partial charge in [0.05, 0.1) is 23.8 Å². The third-order valence-electron chi connectivity index (χ3n) is 5.71. The molecule has 1 saturated heterocycles. The van der Waals surface area contributed by atoms with Crippen molar-refractivity contribution in [3.05, 3.63) is 60.0 Å². The Morgan fingerprint density at radius 1 is 1.21 bits per heavy atom. The van der Waals surface area contributed by atoms with Crippen LogP contribution in [0.4, 0.5) is 5.69 Å². The van der Waals surface area contributed by atoms with Gasteiger partial charge >= 0.3 is 0 Å². The highest BCUT2D eigenvalue weighted by Crippen LogP contribution is 2.25. The summed E-state index contributed by atoms with van der Waals surface area (Å²) in [6.45, 7) is 5.81. The predicted molar refractivity (Wildman–Crippen MR) is 115 cm³/mol. The lowest BCUT2D eigenvalue weighted by molar-refractivity contribution is -0.125. The lowest BCUT2D eigenvalue weighted by Crippen LogP contribution is -2.43. The number of pyridine rings is 1. The largest absolute Gasteiger partial charge is 0.369 e. The van der Waals surface area contributed by atoms with Crippen LogP contribution in [-0.2, 0) is 11.2 Å². The molecule has 2 aromatic heterocycles. The number of benzene rings is 1. The maximum atomic E-state index is 12.9. The van der Waals surface area contributed by atoms with Crippen LogP contribution >= 0.6 is 0 Å². The zero-order chi connectivity index (χ0) is 20.2. The number of piperidine rings is 1. The second kappa shape index (κ2) is 8.55. The minimum absolute atomic E-state index is 0.00129. The van der Waals surface area contributed by atoms with Crippen LogP contribution in [0.5, 0.6) is 0 Å². The van der Waals surface area contributed by atoms with Crippen LogP contribution in [-0.4, -0.2) is 33.9 Å². The molecule has 1 aliphatic rings. The molecule has 0 unspecified atom stereocenters. The van der Waals surface area contributed by atoms with Crippen molar-refractivity contribution in [3.8, 4) is 0 Å². The Morgan fingerprint density at radius 2 is 2.00 bits per heavy atom. The number of carbonyl (C=O) groups excluding carboxylic acids is 1. The molecule has 6 nitrogen and oxygen atoms in total. The van der Waals surface area contributed by atoms with E-state index in [0.29, 0.717) is 12.2 Å². The van der Waals surface area contributed by atoms with E-state index in [9.17, 15) is 4.79 Å². The summed E-state index contributed by atoms with van der Waals surface area (Å²) in [6, 6.07) is 10.5. The van der Waals surface area contributed by atoms with Crippen LogP contribution in [0.25, 0.3) is 11.2 Å². The van der Waals surface area contributed by atoms with Gasteiger partial charge in [-0.05, 0) is 43.4 Å². The molecule has 1 aromatic carbocycles. The SMILES string of the molecule is CCc1ccc([C@H](C)NC(=O)[C@@H]2CCCN(c3cnc4nccnc4c3)C2)cc1. The van der Waals surface area contributed by atoms with Crippen LogP contribution in [0.3, 0.4) is 0 Å². The zero-order valence-electron chi connectivity index (χ0n) is 17.0. The fourth-order valence-electron chi connectivity index (χ4n) is 3.90. The number of carbonyl (C=O) groups is 1. The number of hydrogen-bond acceptors (Lipinski definition) is 5. The normalized spacial score (nSPS) is 17.9. The zero-order valence-corrected chi connectivity index (χ0v) is 17.0. The number of amides is 1. The van der Waals surface area contributed by atoms with Crippen molar-refractivity contribution in [2.45, 2.75) is 39.2 Å². The van der Waals surface area contributed by atoms with Crippen LogP contribution in [0.15, 0.2) is 48.9 Å². The summed E-state index contributed by atoms with van der Waals surface area (Å²) >= 11 is 0. The summed E-state index contributed by atoms with van der Waals surface area (Å²) in [5.74, 6) is 0.0916. The number of aryl methyl sites for hydroxylation is 1. The highest BCUT2D eigenvalue weighted by molar-refractivity contribution is 5.80. The van der Waals surface area contributed by atoms with E-state index in [1.165, 1.54) is 5.56 Å². The first kappa shape index (κ1) is 19.3. The molecule has 0 radical (unpaired) electrons. The van der Waals surface area contributed by atoms with E-state index < -0.39 is 0 Å². The second-order valence-electron chi connectivity index (χ2n) is 7.70. The minimum Gasteiger partial charge on any atom is -0.369 e. The van der Waals surface area contributed by atoms with Gasteiger partial charge in [0.1, 0.15) is 5.52 Å². The van der Waals surface area contributed by atoms with Crippen LogP contribution in [0.1, 0.15) is 43.9 Å². The predicted octanol–water partition coefficient (Wildman–Crippen LogP) is 3.68. The van der Waals surface area contributed by atoms with Gasteiger partial charge in [0.15, 0.2) is 5.65 Å². The van der Waals surface area contributed by atoms with Gasteiger partial charge in [-0.2, -0.15) is 0 Å². The van der Waals surface area contributed by atoms with E-state index in [1.54, 1.807) is 12.4 Å². The lowest BCUT2D eigenvalue weighted by Gasteiger charge is -2.34. The van der Waals surface area contributed by atoms with Crippen molar-refractivity contribution in [2.75, 3.05) is 18.0 Å². The molecule has 2 atom stereocenters. The summed E-state index contributed by atoms with van der Waals surface area (Å²) in [6.07, 6.45) is 8.06. The average Bonchev–Trinajstić information content (AvgIpc) is 2.78. The van der Waals surface area contributed by atoms with Crippen LogP contribution in [0, 0.1) is 5.92 Å². The second-order valence-corrected chi connectivity index (χ2v) is 7.70. The Kier molecular flexibility index (Phi) is 5.69. The number of aromatic nitrogens is 3. The van der Waals surface area contributed by atoms with Gasteiger partial charge in [0, 0.05) is 25.5 Å². The third-order valence-corrected chi connectivity index (χ3v) is 5.71. The van der Waals surface area contributed by atoms with Crippen molar-refractivity contribution < 1.29 is 4.79 Å². The molecule has 3 heterocycles. The number of fused-ring (bicyclic) bond motifs is 1. The first-order chi connectivity index (χ1) is 14.1. The minimum atomic E-state index is -0.0290. The van der Waals surface area contributed by atoms with Gasteiger partial charge in [0.2, 0.25) is 5.91 Å². The monoisotopic (exact) mass is 389 g/mol. The van der Waals surface area contributed by atoms with Crippen molar-refractivity contribution in [1.29, 1.82) is 0 Å². The Balaban J connectivity index is 1.42. The average molecular weight is 390 g/mol. The van der Waals surface area contributed by atoms with E-state index in [1.807, 2.05) is 19.2 Å². The molecule has 0 aliphatic carbocycles. The van der Waals surface area contributed by atoms with Gasteiger partial charge in [-0.25, -0.2) is 9.97 Å². The van der Waals surface area contributed by atoms with Gasteiger partial charge < -0.3 is 10.2 Å². The highest BCUT2D eigenvalue weighted by Gasteiger charge is 2.27. The molecule has 0 bridgehead atoms. The van der Waals surface area contributed by atoms with Gasteiger partial charge in [0.25, 0.3) is 0 Å². The van der Waals surface area contributed by atoms with E-state index in [4.69, 9.17) is 0 Å². The molecule has 150 valence electrons. The number of anilines is 1. The molecule has 1 N–H and O–H groups in total. The Bertz CT molecular complexity index is 988. The summed E-state index contributed by atoms with van der Waals surface area (Å²) in [7, 11) is 0. The molecule has 0 saturated carbocycles. The van der Waals surface area contributed by atoms with Crippen molar-refractivity contribution in [3.63, 3.8) is 0 Å². The fourth-order valence-corrected chi connectivity index (χ4v) is 3.90.